The van der Waals surface area contributed by atoms with E-state index in [-0.39, 0.29) is 28.3 Å². The first-order chi connectivity index (χ1) is 12.4. The number of carbonyl (C=O) groups is 1. The predicted molar refractivity (Wildman–Crippen MR) is 96.6 cm³/mol. The molecule has 0 bridgehead atoms. The minimum absolute atomic E-state index is 0.103. The summed E-state index contributed by atoms with van der Waals surface area (Å²) < 4.78 is 32.6. The summed E-state index contributed by atoms with van der Waals surface area (Å²) in [6.07, 6.45) is 1.52. The lowest BCUT2D eigenvalue weighted by atomic mass is 10.1. The van der Waals surface area contributed by atoms with Crippen LogP contribution in [0.3, 0.4) is 0 Å². The van der Waals surface area contributed by atoms with Gasteiger partial charge in [0, 0.05) is 12.6 Å². The van der Waals surface area contributed by atoms with Crippen molar-refractivity contribution in [2.75, 3.05) is 11.3 Å². The molecular weight excluding hydrogens is 358 g/mol. The number of hydrogen-bond acceptors (Lipinski definition) is 5. The summed E-state index contributed by atoms with van der Waals surface area (Å²) in [6.45, 7) is 3.77. The molecule has 0 atom stereocenters. The zero-order valence-corrected chi connectivity index (χ0v) is 14.3. The average molecular weight is 373 g/mol. The Morgan fingerprint density at radius 2 is 2.00 bits per heavy atom. The number of amides is 1. The van der Waals surface area contributed by atoms with E-state index in [0.29, 0.717) is 5.52 Å². The van der Waals surface area contributed by atoms with E-state index in [9.17, 15) is 18.0 Å². The Morgan fingerprint density at radius 1 is 1.23 bits per heavy atom. The highest BCUT2D eigenvalue weighted by atomic mass is 32.2. The molecule has 0 aliphatic heterocycles. The molecule has 0 unspecified atom stereocenters. The van der Waals surface area contributed by atoms with Crippen LogP contribution in [-0.2, 0) is 10.0 Å². The molecule has 26 heavy (non-hydrogen) atoms. The number of fused-ring (bicyclic) bond motifs is 1. The number of sulfonamides is 1. The Kier molecular flexibility index (Phi) is 4.63. The van der Waals surface area contributed by atoms with Gasteiger partial charge in [-0.2, -0.15) is 0 Å². The number of rotatable bonds is 6. The summed E-state index contributed by atoms with van der Waals surface area (Å²) in [7, 11) is -4.00. The molecule has 3 rings (SSSR count). The Bertz CT molecular complexity index is 1140. The number of aromatic amines is 1. The van der Waals surface area contributed by atoms with Crippen molar-refractivity contribution in [3.63, 3.8) is 0 Å². The van der Waals surface area contributed by atoms with Crippen molar-refractivity contribution in [1.82, 2.24) is 10.3 Å². The van der Waals surface area contributed by atoms with Crippen molar-refractivity contribution in [2.45, 2.75) is 4.90 Å². The molecule has 1 aromatic heterocycles. The zero-order chi connectivity index (χ0) is 18.7. The highest BCUT2D eigenvalue weighted by Gasteiger charge is 2.19. The number of carbonyl (C=O) groups excluding carboxylic acids is 1. The van der Waals surface area contributed by atoms with Gasteiger partial charge < -0.3 is 9.73 Å². The van der Waals surface area contributed by atoms with E-state index in [0.717, 1.165) is 0 Å². The summed E-state index contributed by atoms with van der Waals surface area (Å²) in [5.41, 5.74) is 0.810. The Labute approximate surface area is 148 Å². The molecule has 0 radical (unpaired) electrons. The van der Waals surface area contributed by atoms with E-state index in [4.69, 9.17) is 4.42 Å². The predicted octanol–water partition coefficient (Wildman–Crippen LogP) is 1.84. The molecule has 1 heterocycles. The lowest BCUT2D eigenvalue weighted by Gasteiger charge is -2.12. The fourth-order valence-corrected chi connectivity index (χ4v) is 3.42. The van der Waals surface area contributed by atoms with E-state index < -0.39 is 21.7 Å². The standard InChI is InChI=1S/C17H15N3O5S/c1-2-9-18-16(21)12-5-3-4-6-13(12)20-26(23,24)11-7-8-14-15(10-11)25-17(22)19-14/h2-8,10,20H,1,9H2,(H,18,21)(H,19,22). The highest BCUT2D eigenvalue weighted by molar-refractivity contribution is 7.92. The summed E-state index contributed by atoms with van der Waals surface area (Å²) in [5.74, 6) is -1.11. The maximum atomic E-state index is 12.7. The topological polar surface area (TPSA) is 121 Å². The SMILES string of the molecule is C=CCNC(=O)c1ccccc1NS(=O)(=O)c1ccc2[nH]c(=O)oc2c1. The van der Waals surface area contributed by atoms with Crippen LogP contribution in [0, 0.1) is 0 Å². The minimum Gasteiger partial charge on any atom is -0.408 e. The average Bonchev–Trinajstić information content (AvgIpc) is 2.99. The minimum atomic E-state index is -4.00. The molecule has 134 valence electrons. The number of anilines is 1. The van der Waals surface area contributed by atoms with Gasteiger partial charge in [0.25, 0.3) is 15.9 Å². The molecule has 9 heteroatoms. The van der Waals surface area contributed by atoms with Gasteiger partial charge in [-0.15, -0.1) is 6.58 Å². The van der Waals surface area contributed by atoms with Gasteiger partial charge in [0.2, 0.25) is 0 Å². The fraction of sp³-hybridized carbons (Fsp3) is 0.0588. The summed E-state index contributed by atoms with van der Waals surface area (Å²) in [5, 5.41) is 2.60. The Hall–Kier alpha value is -3.33. The van der Waals surface area contributed by atoms with Gasteiger partial charge in [-0.05, 0) is 24.3 Å². The Morgan fingerprint density at radius 3 is 2.77 bits per heavy atom. The van der Waals surface area contributed by atoms with E-state index >= 15 is 0 Å². The van der Waals surface area contributed by atoms with Gasteiger partial charge >= 0.3 is 5.76 Å². The second-order valence-electron chi connectivity index (χ2n) is 5.32. The first kappa shape index (κ1) is 17.5. The third-order valence-corrected chi connectivity index (χ3v) is 4.89. The smallest absolute Gasteiger partial charge is 0.408 e. The first-order valence-electron chi connectivity index (χ1n) is 7.54. The summed E-state index contributed by atoms with van der Waals surface area (Å²) >= 11 is 0. The quantitative estimate of drug-likeness (QED) is 0.569. The molecule has 0 saturated heterocycles. The molecule has 0 fully saturated rings. The molecule has 3 aromatic rings. The van der Waals surface area contributed by atoms with Crippen LogP contribution in [0.25, 0.3) is 11.1 Å². The maximum Gasteiger partial charge on any atom is 0.417 e. The molecular formula is C17H15N3O5S. The van der Waals surface area contributed by atoms with Gasteiger partial charge in [0.05, 0.1) is 21.7 Å². The number of para-hydroxylation sites is 1. The van der Waals surface area contributed by atoms with Crippen LogP contribution in [0.15, 0.2) is 69.2 Å². The molecule has 3 N–H and O–H groups in total. The number of H-pyrrole nitrogens is 1. The number of benzene rings is 2. The van der Waals surface area contributed by atoms with Crippen molar-refractivity contribution in [2.24, 2.45) is 0 Å². The van der Waals surface area contributed by atoms with Gasteiger partial charge in [0.15, 0.2) is 5.58 Å². The molecule has 8 nitrogen and oxygen atoms in total. The van der Waals surface area contributed by atoms with Crippen LogP contribution in [0.5, 0.6) is 0 Å². The van der Waals surface area contributed by atoms with Crippen LogP contribution in [0.4, 0.5) is 5.69 Å². The van der Waals surface area contributed by atoms with Crippen molar-refractivity contribution in [1.29, 1.82) is 0 Å². The third kappa shape index (κ3) is 3.52. The number of oxazole rings is 1. The normalized spacial score (nSPS) is 11.2. The van der Waals surface area contributed by atoms with Crippen molar-refractivity contribution < 1.29 is 17.6 Å². The summed E-state index contributed by atoms with van der Waals surface area (Å²) in [4.78, 5) is 25.7. The lowest BCUT2D eigenvalue weighted by Crippen LogP contribution is -2.25. The van der Waals surface area contributed by atoms with E-state index in [1.807, 2.05) is 0 Å². The van der Waals surface area contributed by atoms with Crippen LogP contribution >= 0.6 is 0 Å². The maximum absolute atomic E-state index is 12.7. The number of aromatic nitrogens is 1. The van der Waals surface area contributed by atoms with Crippen molar-refractivity contribution >= 4 is 32.7 Å². The molecule has 0 aliphatic rings. The largest absolute Gasteiger partial charge is 0.417 e. The van der Waals surface area contributed by atoms with E-state index in [1.165, 1.54) is 36.4 Å². The van der Waals surface area contributed by atoms with Crippen LogP contribution in [0.1, 0.15) is 10.4 Å². The molecule has 0 saturated carbocycles. The molecule has 0 spiro atoms. The van der Waals surface area contributed by atoms with Crippen molar-refractivity contribution in [3.8, 4) is 0 Å². The molecule has 0 aliphatic carbocycles. The van der Waals surface area contributed by atoms with Gasteiger partial charge in [0.1, 0.15) is 0 Å². The second-order valence-corrected chi connectivity index (χ2v) is 7.00. The summed E-state index contributed by atoms with van der Waals surface area (Å²) in [6, 6.07) is 10.2. The van der Waals surface area contributed by atoms with Crippen LogP contribution in [-0.4, -0.2) is 25.9 Å². The van der Waals surface area contributed by atoms with Crippen LogP contribution in [0.2, 0.25) is 0 Å². The first-order valence-corrected chi connectivity index (χ1v) is 9.03. The Balaban J connectivity index is 1.95. The molecule has 2 aromatic carbocycles. The van der Waals surface area contributed by atoms with E-state index in [2.05, 4.69) is 21.6 Å². The molecule has 1 amide bonds. The van der Waals surface area contributed by atoms with Gasteiger partial charge in [-0.3, -0.25) is 14.5 Å². The van der Waals surface area contributed by atoms with Crippen LogP contribution < -0.4 is 15.8 Å². The fourth-order valence-electron chi connectivity index (χ4n) is 2.33. The monoisotopic (exact) mass is 373 g/mol. The number of nitrogens with one attached hydrogen (secondary N) is 3. The van der Waals surface area contributed by atoms with Crippen molar-refractivity contribution in [3.05, 3.63) is 71.2 Å². The second kappa shape index (κ2) is 6.89. The third-order valence-electron chi connectivity index (χ3n) is 3.53. The zero-order valence-electron chi connectivity index (χ0n) is 13.5. The lowest BCUT2D eigenvalue weighted by molar-refractivity contribution is 0.0959. The number of hydrogen-bond donors (Lipinski definition) is 3. The van der Waals surface area contributed by atoms with Gasteiger partial charge in [-0.1, -0.05) is 18.2 Å². The van der Waals surface area contributed by atoms with E-state index in [1.54, 1.807) is 12.1 Å². The van der Waals surface area contributed by atoms with Gasteiger partial charge in [-0.25, -0.2) is 13.2 Å². The highest BCUT2D eigenvalue weighted by Crippen LogP contribution is 2.22.